The molecule has 30 heavy (non-hydrogen) atoms. The summed E-state index contributed by atoms with van der Waals surface area (Å²) in [4.78, 5) is 25.8. The third-order valence-electron chi connectivity index (χ3n) is 6.20. The van der Waals surface area contributed by atoms with Crippen molar-refractivity contribution in [3.8, 4) is 0 Å². The molecule has 6 heteroatoms. The topological polar surface area (TPSA) is 55.4 Å². The Morgan fingerprint density at radius 3 is 2.17 bits per heavy atom. The number of benzene rings is 2. The van der Waals surface area contributed by atoms with Crippen LogP contribution in [0.2, 0.25) is 5.02 Å². The summed E-state index contributed by atoms with van der Waals surface area (Å²) >= 11 is 6.11. The Morgan fingerprint density at radius 1 is 1.07 bits per heavy atom. The van der Waals surface area contributed by atoms with Gasteiger partial charge >= 0.3 is 186 Å². The molecule has 0 bridgehead atoms. The van der Waals surface area contributed by atoms with Gasteiger partial charge in [0.2, 0.25) is 0 Å². The summed E-state index contributed by atoms with van der Waals surface area (Å²) in [7, 11) is -2.22. The predicted octanol–water partition coefficient (Wildman–Crippen LogP) is 5.82. The summed E-state index contributed by atoms with van der Waals surface area (Å²) in [5.41, 5.74) is 3.42. The molecule has 0 aliphatic rings. The Balaban J connectivity index is 2.10. The van der Waals surface area contributed by atoms with Crippen molar-refractivity contribution >= 4 is 36.4 Å². The zero-order valence-electron chi connectivity index (χ0n) is 18.5. The molecule has 0 aromatic heterocycles. The fourth-order valence-electron chi connectivity index (χ4n) is 3.96. The van der Waals surface area contributed by atoms with Gasteiger partial charge in [-0.15, -0.1) is 0 Å². The van der Waals surface area contributed by atoms with Crippen molar-refractivity contribution in [3.63, 3.8) is 0 Å². The van der Waals surface area contributed by atoms with Crippen LogP contribution >= 0.6 is 18.9 Å². The molecule has 2 aromatic rings. The number of carbonyl (C=O) groups excluding carboxylic acids is 2. The third kappa shape index (κ3) is 6.06. The number of hydrogen-bond acceptors (Lipinski definition) is 3. The van der Waals surface area contributed by atoms with Crippen LogP contribution in [0.3, 0.4) is 0 Å². The van der Waals surface area contributed by atoms with E-state index in [1.807, 2.05) is 63.2 Å². The Morgan fingerprint density at radius 2 is 1.63 bits per heavy atom. The molecule has 0 heterocycles. The normalized spacial score (nSPS) is 12.9. The van der Waals surface area contributed by atoms with Crippen LogP contribution in [0.4, 0.5) is 5.69 Å². The van der Waals surface area contributed by atoms with Crippen LogP contribution in [-0.4, -0.2) is 36.0 Å². The number of halogens is 1. The number of esters is 1. The number of carbonyl (C=O) groups is 2. The predicted molar refractivity (Wildman–Crippen MR) is 130 cm³/mol. The fourth-order valence-corrected chi connectivity index (χ4v) is 8.12. The number of aryl methyl sites for hydroxylation is 2. The first-order chi connectivity index (χ1) is 14.2. The van der Waals surface area contributed by atoms with Gasteiger partial charge in [0.1, 0.15) is 0 Å². The molecule has 0 saturated carbocycles. The van der Waals surface area contributed by atoms with Crippen LogP contribution in [0.25, 0.3) is 0 Å². The van der Waals surface area contributed by atoms with Crippen molar-refractivity contribution in [1.82, 2.24) is 0 Å². The SMILES string of the molecule is CC[PH](CC)(CC(=O)OCc1ccccc1)C(C)C(=O)Nc1c(C)cc(Cl)cc1C. The molecule has 2 rings (SSSR count). The van der Waals surface area contributed by atoms with E-state index in [1.165, 1.54) is 0 Å². The van der Waals surface area contributed by atoms with Crippen molar-refractivity contribution in [3.05, 3.63) is 64.2 Å². The second-order valence-electron chi connectivity index (χ2n) is 8.02. The molecule has 0 fully saturated rings. The van der Waals surface area contributed by atoms with Crippen molar-refractivity contribution in [2.75, 3.05) is 23.8 Å². The molecule has 4 nitrogen and oxygen atoms in total. The molecule has 1 unspecified atom stereocenters. The molecule has 164 valence electrons. The summed E-state index contributed by atoms with van der Waals surface area (Å²) in [5.74, 6) is -0.248. The second-order valence-corrected chi connectivity index (χ2v) is 13.8. The maximum atomic E-state index is 13.2. The number of anilines is 1. The van der Waals surface area contributed by atoms with Gasteiger partial charge in [0.05, 0.1) is 0 Å². The first kappa shape index (κ1) is 24.4. The van der Waals surface area contributed by atoms with Crippen LogP contribution in [0.5, 0.6) is 0 Å². The number of hydrogen-bond donors (Lipinski definition) is 1. The molecule has 1 amide bonds. The Labute approximate surface area is 185 Å². The molecule has 1 atom stereocenters. The quantitative estimate of drug-likeness (QED) is 0.388. The monoisotopic (exact) mass is 449 g/mol. The molecule has 2 aromatic carbocycles. The molecule has 0 aliphatic heterocycles. The van der Waals surface area contributed by atoms with Crippen LogP contribution in [0.1, 0.15) is 37.5 Å². The molecule has 0 radical (unpaired) electrons. The summed E-state index contributed by atoms with van der Waals surface area (Å²) in [5, 5.41) is 3.75. The van der Waals surface area contributed by atoms with E-state index in [9.17, 15) is 9.59 Å². The van der Waals surface area contributed by atoms with Gasteiger partial charge < -0.3 is 0 Å². The summed E-state index contributed by atoms with van der Waals surface area (Å²) in [6.07, 6.45) is 2.04. The van der Waals surface area contributed by atoms with E-state index in [4.69, 9.17) is 16.3 Å². The van der Waals surface area contributed by atoms with Crippen LogP contribution in [0.15, 0.2) is 42.5 Å². The summed E-state index contributed by atoms with van der Waals surface area (Å²) < 4.78 is 5.54. The number of amides is 1. The zero-order valence-corrected chi connectivity index (χ0v) is 20.3. The Kier molecular flexibility index (Phi) is 8.88. The first-order valence-electron chi connectivity index (χ1n) is 10.5. The van der Waals surface area contributed by atoms with Crippen LogP contribution < -0.4 is 5.32 Å². The first-order valence-corrected chi connectivity index (χ1v) is 13.6. The van der Waals surface area contributed by atoms with E-state index >= 15 is 0 Å². The number of rotatable bonds is 9. The average Bonchev–Trinajstić information content (AvgIpc) is 2.73. The van der Waals surface area contributed by atoms with E-state index in [2.05, 4.69) is 19.2 Å². The van der Waals surface area contributed by atoms with Gasteiger partial charge in [-0.3, -0.25) is 0 Å². The van der Waals surface area contributed by atoms with Crippen molar-refractivity contribution in [1.29, 1.82) is 0 Å². The van der Waals surface area contributed by atoms with Gasteiger partial charge in [0, 0.05) is 0 Å². The summed E-state index contributed by atoms with van der Waals surface area (Å²) in [6.45, 7) is 10.3. The molecular formula is C24H33ClNO3P. The number of nitrogens with one attached hydrogen (secondary N) is 1. The van der Waals surface area contributed by atoms with E-state index < -0.39 is 7.26 Å². The van der Waals surface area contributed by atoms with Gasteiger partial charge in [-0.25, -0.2) is 0 Å². The van der Waals surface area contributed by atoms with Gasteiger partial charge in [-0.05, 0) is 0 Å². The maximum absolute atomic E-state index is 13.2. The van der Waals surface area contributed by atoms with Crippen molar-refractivity contribution < 1.29 is 14.3 Å². The Bertz CT molecular complexity index is 858. The third-order valence-corrected chi connectivity index (χ3v) is 12.3. The average molecular weight is 450 g/mol. The minimum absolute atomic E-state index is 0.0326. The molecule has 0 aliphatic carbocycles. The van der Waals surface area contributed by atoms with Crippen molar-refractivity contribution in [2.45, 2.75) is 46.9 Å². The van der Waals surface area contributed by atoms with E-state index in [1.54, 1.807) is 0 Å². The van der Waals surface area contributed by atoms with E-state index in [0.717, 1.165) is 34.7 Å². The van der Waals surface area contributed by atoms with E-state index in [0.29, 0.717) is 11.2 Å². The van der Waals surface area contributed by atoms with Crippen LogP contribution in [0, 0.1) is 13.8 Å². The fraction of sp³-hybridized carbons (Fsp3) is 0.417. The molecule has 0 saturated heterocycles. The van der Waals surface area contributed by atoms with Crippen molar-refractivity contribution in [2.24, 2.45) is 0 Å². The zero-order chi connectivity index (χ0) is 22.3. The molecule has 1 N–H and O–H groups in total. The molecule has 0 spiro atoms. The summed E-state index contributed by atoms with van der Waals surface area (Å²) in [6, 6.07) is 13.3. The van der Waals surface area contributed by atoms with Gasteiger partial charge in [0.15, 0.2) is 0 Å². The standard InChI is InChI=1S/C24H33ClNO3P/c1-6-30(7-2,16-22(27)29-15-20-11-9-8-10-12-20)19(5)24(28)26-23-17(3)13-21(25)14-18(23)4/h8-14,19,30H,6-7,15-16H2,1-5H3,(H,26,28). The Hall–Kier alpha value is -1.90. The van der Waals surface area contributed by atoms with Crippen LogP contribution in [-0.2, 0) is 20.9 Å². The van der Waals surface area contributed by atoms with Gasteiger partial charge in [-0.1, -0.05) is 0 Å². The second kappa shape index (κ2) is 10.9. The van der Waals surface area contributed by atoms with Gasteiger partial charge in [0.25, 0.3) is 0 Å². The minimum atomic E-state index is -2.22. The van der Waals surface area contributed by atoms with E-state index in [-0.39, 0.29) is 24.1 Å². The molecular weight excluding hydrogens is 417 g/mol. The number of ether oxygens (including phenoxy) is 1. The van der Waals surface area contributed by atoms with Gasteiger partial charge in [-0.2, -0.15) is 0 Å².